The normalized spacial score (nSPS) is 10.8. The van der Waals surface area contributed by atoms with Crippen molar-refractivity contribution in [1.29, 1.82) is 0 Å². The molecule has 0 amide bonds. The Hall–Kier alpha value is -0.610. The fourth-order valence-electron chi connectivity index (χ4n) is 1.77. The molecule has 0 fully saturated rings. The van der Waals surface area contributed by atoms with E-state index in [0.29, 0.717) is 0 Å². The van der Waals surface area contributed by atoms with Crippen LogP contribution in [0.1, 0.15) is 51.3 Å². The Bertz CT molecular complexity index is 304. The monoisotopic (exact) mass is 269 g/mol. The predicted molar refractivity (Wildman–Crippen MR) is 81.5 cm³/mol. The molecule has 1 aromatic heterocycles. The van der Waals surface area contributed by atoms with Crippen molar-refractivity contribution < 1.29 is 0 Å². The SMILES string of the molecule is CCCCN(CCCC)c1ncc(CNCC)s1. The van der Waals surface area contributed by atoms with Crippen LogP contribution in [-0.4, -0.2) is 24.6 Å². The Kier molecular flexibility index (Phi) is 8.01. The fraction of sp³-hybridized carbons (Fsp3) is 0.786. The first-order valence-corrected chi connectivity index (χ1v) is 8.03. The van der Waals surface area contributed by atoms with Crippen LogP contribution in [0.25, 0.3) is 0 Å². The summed E-state index contributed by atoms with van der Waals surface area (Å²) in [6.45, 7) is 10.9. The molecular formula is C14H27N3S. The standard InChI is InChI=1S/C14H27N3S/c1-4-7-9-17(10-8-5-2)14-16-12-13(18-14)11-15-6-3/h12,15H,4-11H2,1-3H3. The van der Waals surface area contributed by atoms with Gasteiger partial charge in [-0.15, -0.1) is 11.3 Å². The van der Waals surface area contributed by atoms with Gasteiger partial charge in [-0.05, 0) is 19.4 Å². The van der Waals surface area contributed by atoms with Gasteiger partial charge in [0.1, 0.15) is 0 Å². The van der Waals surface area contributed by atoms with E-state index in [1.54, 1.807) is 0 Å². The van der Waals surface area contributed by atoms with Crippen LogP contribution >= 0.6 is 11.3 Å². The van der Waals surface area contributed by atoms with Crippen LogP contribution in [0.2, 0.25) is 0 Å². The molecule has 0 saturated carbocycles. The smallest absolute Gasteiger partial charge is 0.185 e. The number of aromatic nitrogens is 1. The van der Waals surface area contributed by atoms with E-state index in [0.717, 1.165) is 26.2 Å². The minimum atomic E-state index is 0.948. The molecule has 0 aliphatic heterocycles. The van der Waals surface area contributed by atoms with E-state index in [4.69, 9.17) is 0 Å². The van der Waals surface area contributed by atoms with Crippen molar-refractivity contribution in [2.75, 3.05) is 24.5 Å². The van der Waals surface area contributed by atoms with Crippen molar-refractivity contribution in [3.63, 3.8) is 0 Å². The van der Waals surface area contributed by atoms with E-state index in [-0.39, 0.29) is 0 Å². The van der Waals surface area contributed by atoms with Crippen LogP contribution in [0.5, 0.6) is 0 Å². The molecule has 3 nitrogen and oxygen atoms in total. The average Bonchev–Trinajstić information content (AvgIpc) is 2.85. The Balaban J connectivity index is 2.56. The minimum Gasteiger partial charge on any atom is -0.348 e. The lowest BCUT2D eigenvalue weighted by Crippen LogP contribution is -2.25. The van der Waals surface area contributed by atoms with E-state index in [1.807, 2.05) is 17.5 Å². The van der Waals surface area contributed by atoms with Crippen molar-refractivity contribution in [1.82, 2.24) is 10.3 Å². The number of hydrogen-bond acceptors (Lipinski definition) is 4. The highest BCUT2D eigenvalue weighted by atomic mass is 32.1. The molecule has 0 saturated heterocycles. The first-order chi connectivity index (χ1) is 8.81. The molecule has 0 aliphatic rings. The first-order valence-electron chi connectivity index (χ1n) is 7.22. The van der Waals surface area contributed by atoms with Gasteiger partial charge in [-0.1, -0.05) is 33.6 Å². The maximum atomic E-state index is 4.58. The van der Waals surface area contributed by atoms with Gasteiger partial charge in [0.05, 0.1) is 0 Å². The minimum absolute atomic E-state index is 0.948. The molecule has 0 atom stereocenters. The maximum absolute atomic E-state index is 4.58. The second-order valence-electron chi connectivity index (χ2n) is 4.58. The van der Waals surface area contributed by atoms with Gasteiger partial charge in [0.15, 0.2) is 5.13 Å². The molecule has 0 aliphatic carbocycles. The molecule has 18 heavy (non-hydrogen) atoms. The zero-order chi connectivity index (χ0) is 13.2. The summed E-state index contributed by atoms with van der Waals surface area (Å²) in [6.07, 6.45) is 7.03. The number of unbranched alkanes of at least 4 members (excludes halogenated alkanes) is 2. The fourth-order valence-corrected chi connectivity index (χ4v) is 2.71. The second-order valence-corrected chi connectivity index (χ2v) is 5.68. The zero-order valence-corrected chi connectivity index (χ0v) is 12.9. The van der Waals surface area contributed by atoms with Crippen LogP contribution in [0, 0.1) is 0 Å². The molecule has 0 unspecified atom stereocenters. The van der Waals surface area contributed by atoms with E-state index < -0.39 is 0 Å². The summed E-state index contributed by atoms with van der Waals surface area (Å²) in [5, 5.41) is 4.55. The summed E-state index contributed by atoms with van der Waals surface area (Å²) < 4.78 is 0. The second kappa shape index (κ2) is 9.34. The van der Waals surface area contributed by atoms with E-state index in [2.05, 4.69) is 36.0 Å². The quantitative estimate of drug-likeness (QED) is 0.702. The molecule has 0 radical (unpaired) electrons. The van der Waals surface area contributed by atoms with Crippen LogP contribution < -0.4 is 10.2 Å². The molecule has 0 spiro atoms. The van der Waals surface area contributed by atoms with Crippen LogP contribution in [-0.2, 0) is 6.54 Å². The lowest BCUT2D eigenvalue weighted by atomic mass is 10.3. The van der Waals surface area contributed by atoms with Crippen molar-refractivity contribution in [2.24, 2.45) is 0 Å². The number of rotatable bonds is 10. The summed E-state index contributed by atoms with van der Waals surface area (Å²) in [7, 11) is 0. The average molecular weight is 269 g/mol. The van der Waals surface area contributed by atoms with Crippen LogP contribution in [0.3, 0.4) is 0 Å². The van der Waals surface area contributed by atoms with E-state index in [9.17, 15) is 0 Å². The molecule has 0 bridgehead atoms. The van der Waals surface area contributed by atoms with Crippen molar-refractivity contribution in [3.05, 3.63) is 11.1 Å². The zero-order valence-electron chi connectivity index (χ0n) is 12.0. The van der Waals surface area contributed by atoms with Gasteiger partial charge in [-0.25, -0.2) is 4.98 Å². The lowest BCUT2D eigenvalue weighted by Gasteiger charge is -2.21. The highest BCUT2D eigenvalue weighted by molar-refractivity contribution is 7.15. The van der Waals surface area contributed by atoms with Crippen LogP contribution in [0.15, 0.2) is 6.20 Å². The van der Waals surface area contributed by atoms with Crippen LogP contribution in [0.4, 0.5) is 5.13 Å². The third kappa shape index (κ3) is 5.36. The topological polar surface area (TPSA) is 28.2 Å². The van der Waals surface area contributed by atoms with Gasteiger partial charge in [0, 0.05) is 30.7 Å². The lowest BCUT2D eigenvalue weighted by molar-refractivity contribution is 0.676. The summed E-state index contributed by atoms with van der Waals surface area (Å²) in [5.74, 6) is 0. The summed E-state index contributed by atoms with van der Waals surface area (Å²) in [6, 6.07) is 0. The summed E-state index contributed by atoms with van der Waals surface area (Å²) in [5.41, 5.74) is 0. The van der Waals surface area contributed by atoms with E-state index in [1.165, 1.54) is 35.7 Å². The largest absolute Gasteiger partial charge is 0.348 e. The van der Waals surface area contributed by atoms with Crippen molar-refractivity contribution in [3.8, 4) is 0 Å². The van der Waals surface area contributed by atoms with Crippen molar-refractivity contribution in [2.45, 2.75) is 53.0 Å². The van der Waals surface area contributed by atoms with Gasteiger partial charge in [-0.3, -0.25) is 0 Å². The van der Waals surface area contributed by atoms with Gasteiger partial charge in [0.2, 0.25) is 0 Å². The molecule has 1 heterocycles. The third-order valence-corrected chi connectivity index (χ3v) is 3.98. The molecule has 4 heteroatoms. The predicted octanol–water partition coefficient (Wildman–Crippen LogP) is 3.66. The molecule has 1 rings (SSSR count). The number of nitrogens with one attached hydrogen (secondary N) is 1. The molecular weight excluding hydrogens is 242 g/mol. The number of nitrogens with zero attached hydrogens (tertiary/aromatic N) is 2. The summed E-state index contributed by atoms with van der Waals surface area (Å²) in [4.78, 5) is 8.37. The Labute approximate surface area is 116 Å². The van der Waals surface area contributed by atoms with Crippen molar-refractivity contribution >= 4 is 16.5 Å². The third-order valence-electron chi connectivity index (χ3n) is 2.92. The highest BCUT2D eigenvalue weighted by Gasteiger charge is 2.10. The molecule has 104 valence electrons. The first kappa shape index (κ1) is 15.4. The molecule has 1 N–H and O–H groups in total. The highest BCUT2D eigenvalue weighted by Crippen LogP contribution is 2.23. The maximum Gasteiger partial charge on any atom is 0.185 e. The Morgan fingerprint density at radius 3 is 2.39 bits per heavy atom. The van der Waals surface area contributed by atoms with E-state index >= 15 is 0 Å². The Morgan fingerprint density at radius 1 is 1.17 bits per heavy atom. The van der Waals surface area contributed by atoms with Gasteiger partial charge < -0.3 is 10.2 Å². The Morgan fingerprint density at radius 2 is 1.83 bits per heavy atom. The molecule has 1 aromatic rings. The van der Waals surface area contributed by atoms with Gasteiger partial charge in [-0.2, -0.15) is 0 Å². The number of anilines is 1. The summed E-state index contributed by atoms with van der Waals surface area (Å²) >= 11 is 1.83. The number of thiazole rings is 1. The molecule has 0 aromatic carbocycles. The number of hydrogen-bond donors (Lipinski definition) is 1. The van der Waals surface area contributed by atoms with Gasteiger partial charge in [0.25, 0.3) is 0 Å². The van der Waals surface area contributed by atoms with Gasteiger partial charge >= 0.3 is 0 Å².